The van der Waals surface area contributed by atoms with E-state index < -0.39 is 12.0 Å². The van der Waals surface area contributed by atoms with Gasteiger partial charge in [0.2, 0.25) is 0 Å². The van der Waals surface area contributed by atoms with Crippen molar-refractivity contribution in [3.63, 3.8) is 0 Å². The van der Waals surface area contributed by atoms with Crippen molar-refractivity contribution in [2.45, 2.75) is 53.1 Å². The molecule has 2 atom stereocenters. The molecular weight excluding hydrogens is 460 g/mol. The lowest BCUT2D eigenvalue weighted by atomic mass is 9.96. The van der Waals surface area contributed by atoms with Crippen LogP contribution < -0.4 is 5.32 Å². The van der Waals surface area contributed by atoms with Gasteiger partial charge in [-0.1, -0.05) is 54.9 Å². The number of rotatable bonds is 8. The minimum Gasteiger partial charge on any atom is -0.480 e. The highest BCUT2D eigenvalue weighted by Gasteiger charge is 2.24. The molecule has 0 fully saturated rings. The summed E-state index contributed by atoms with van der Waals surface area (Å²) >= 11 is 6.33. The number of likely N-dealkylation sites (N-methyl/N-ethyl adjacent to an activating group) is 1. The summed E-state index contributed by atoms with van der Waals surface area (Å²) in [7, 11) is 1.52. The van der Waals surface area contributed by atoms with Crippen molar-refractivity contribution in [3.8, 4) is 11.1 Å². The summed E-state index contributed by atoms with van der Waals surface area (Å²) in [4.78, 5) is 25.5. The van der Waals surface area contributed by atoms with Gasteiger partial charge in [-0.25, -0.2) is 4.79 Å². The number of hydrogen-bond acceptors (Lipinski definition) is 3. The van der Waals surface area contributed by atoms with E-state index in [0.717, 1.165) is 38.5 Å². The molecule has 0 spiro atoms. The van der Waals surface area contributed by atoms with E-state index in [1.807, 2.05) is 51.1 Å². The monoisotopic (exact) mass is 492 g/mol. The van der Waals surface area contributed by atoms with E-state index in [2.05, 4.69) is 30.4 Å². The van der Waals surface area contributed by atoms with Crippen molar-refractivity contribution in [1.29, 1.82) is 0 Å². The van der Waals surface area contributed by atoms with Crippen molar-refractivity contribution in [1.82, 2.24) is 4.90 Å². The first-order valence-electron chi connectivity index (χ1n) is 11.8. The molecule has 2 unspecified atom stereocenters. The van der Waals surface area contributed by atoms with E-state index in [4.69, 9.17) is 11.6 Å². The Hall–Kier alpha value is -3.31. The first-order chi connectivity index (χ1) is 16.5. The maximum absolute atomic E-state index is 12.9. The molecule has 0 aliphatic heterocycles. The molecule has 0 heterocycles. The Labute approximate surface area is 212 Å². The van der Waals surface area contributed by atoms with Gasteiger partial charge in [-0.2, -0.15) is 0 Å². The lowest BCUT2D eigenvalue weighted by Gasteiger charge is -2.23. The van der Waals surface area contributed by atoms with Crippen LogP contribution in [0.4, 0.5) is 5.69 Å². The summed E-state index contributed by atoms with van der Waals surface area (Å²) in [6.45, 7) is 9.66. The minimum absolute atomic E-state index is 0.0953. The maximum Gasteiger partial charge on any atom is 0.326 e. The van der Waals surface area contributed by atoms with Gasteiger partial charge in [-0.3, -0.25) is 4.79 Å². The number of anilines is 1. The zero-order valence-corrected chi connectivity index (χ0v) is 21.9. The predicted molar refractivity (Wildman–Crippen MR) is 143 cm³/mol. The van der Waals surface area contributed by atoms with Crippen molar-refractivity contribution in [2.24, 2.45) is 0 Å². The highest BCUT2D eigenvalue weighted by Crippen LogP contribution is 2.30. The number of nitrogens with zero attached hydrogens (tertiary/aromatic N) is 1. The maximum atomic E-state index is 12.9. The quantitative estimate of drug-likeness (QED) is 0.358. The second-order valence-corrected chi connectivity index (χ2v) is 9.45. The third-order valence-corrected chi connectivity index (χ3v) is 7.11. The van der Waals surface area contributed by atoms with Crippen LogP contribution in [0.5, 0.6) is 0 Å². The molecular formula is C29H33ClN2O3. The molecule has 1 amide bonds. The summed E-state index contributed by atoms with van der Waals surface area (Å²) < 4.78 is 0. The van der Waals surface area contributed by atoms with Crippen LogP contribution in [0.25, 0.3) is 11.1 Å². The van der Waals surface area contributed by atoms with E-state index in [1.165, 1.54) is 24.4 Å². The van der Waals surface area contributed by atoms with Gasteiger partial charge in [-0.05, 0) is 85.7 Å². The van der Waals surface area contributed by atoms with Gasteiger partial charge in [0.05, 0.1) is 0 Å². The van der Waals surface area contributed by atoms with Crippen LogP contribution >= 0.6 is 11.6 Å². The molecule has 0 bridgehead atoms. The summed E-state index contributed by atoms with van der Waals surface area (Å²) in [6.07, 6.45) is 0.661. The van der Waals surface area contributed by atoms with Crippen LogP contribution in [0.2, 0.25) is 5.02 Å². The van der Waals surface area contributed by atoms with E-state index in [9.17, 15) is 14.7 Å². The molecule has 3 aromatic carbocycles. The third-order valence-electron chi connectivity index (χ3n) is 6.51. The van der Waals surface area contributed by atoms with Crippen LogP contribution in [-0.4, -0.2) is 35.0 Å². The summed E-state index contributed by atoms with van der Waals surface area (Å²) in [5.41, 5.74) is 7.75. The highest BCUT2D eigenvalue weighted by atomic mass is 35.5. The van der Waals surface area contributed by atoms with Crippen molar-refractivity contribution in [2.75, 3.05) is 12.4 Å². The van der Waals surface area contributed by atoms with Crippen LogP contribution in [0.3, 0.4) is 0 Å². The number of carboxylic acid groups (broad SMARTS) is 1. The van der Waals surface area contributed by atoms with E-state index in [0.29, 0.717) is 12.0 Å². The molecule has 0 saturated heterocycles. The smallest absolute Gasteiger partial charge is 0.326 e. The van der Waals surface area contributed by atoms with Crippen molar-refractivity contribution in [3.05, 3.63) is 87.4 Å². The Kier molecular flexibility index (Phi) is 8.23. The molecule has 0 aliphatic rings. The number of carboxylic acids is 1. The van der Waals surface area contributed by atoms with Gasteiger partial charge in [0.15, 0.2) is 0 Å². The Balaban J connectivity index is 1.86. The molecule has 3 aromatic rings. The first kappa shape index (κ1) is 26.3. The number of carbonyl (C=O) groups is 2. The fourth-order valence-electron chi connectivity index (χ4n) is 4.16. The number of halogens is 1. The summed E-state index contributed by atoms with van der Waals surface area (Å²) in [6, 6.07) is 17.3. The zero-order valence-electron chi connectivity index (χ0n) is 21.1. The fraction of sp³-hybridized carbons (Fsp3) is 0.310. The molecule has 6 heteroatoms. The standard InChI is InChI=1S/C29H33ClN2O3/c1-7-21-15-23(11-12-26(21)28(33)32(6)20(5)29(34)35)22-9-8-10-25(16-22)31-19(4)24-13-17(2)27(30)18(3)14-24/h8-16,19-20,31H,7H2,1-6H3,(H,34,35). The number of benzene rings is 3. The van der Waals surface area contributed by atoms with E-state index in [1.54, 1.807) is 6.07 Å². The van der Waals surface area contributed by atoms with Crippen LogP contribution in [0.1, 0.15) is 59.4 Å². The molecule has 3 rings (SSSR count). The van der Waals surface area contributed by atoms with Gasteiger partial charge in [0.1, 0.15) is 6.04 Å². The van der Waals surface area contributed by atoms with Crippen LogP contribution in [0.15, 0.2) is 54.6 Å². The normalized spacial score (nSPS) is 12.7. The second kappa shape index (κ2) is 11.0. The largest absolute Gasteiger partial charge is 0.480 e. The second-order valence-electron chi connectivity index (χ2n) is 9.07. The number of aryl methyl sites for hydroxylation is 3. The molecule has 0 aromatic heterocycles. The molecule has 0 radical (unpaired) electrons. The molecule has 0 saturated carbocycles. The summed E-state index contributed by atoms with van der Waals surface area (Å²) in [5, 5.41) is 13.6. The number of hydrogen-bond donors (Lipinski definition) is 2. The molecule has 0 aliphatic carbocycles. The average molecular weight is 493 g/mol. The highest BCUT2D eigenvalue weighted by molar-refractivity contribution is 6.32. The molecule has 184 valence electrons. The van der Waals surface area contributed by atoms with Gasteiger partial charge in [0.25, 0.3) is 5.91 Å². The topological polar surface area (TPSA) is 69.6 Å². The summed E-state index contributed by atoms with van der Waals surface area (Å²) in [5.74, 6) is -1.32. The molecule has 35 heavy (non-hydrogen) atoms. The number of carbonyl (C=O) groups excluding carboxylic acids is 1. The Morgan fingerprint density at radius 3 is 2.23 bits per heavy atom. The first-order valence-corrected chi connectivity index (χ1v) is 12.2. The third kappa shape index (κ3) is 5.85. The van der Waals surface area contributed by atoms with Gasteiger partial charge in [0, 0.05) is 29.4 Å². The Bertz CT molecular complexity index is 1230. The number of amides is 1. The van der Waals surface area contributed by atoms with E-state index in [-0.39, 0.29) is 11.9 Å². The number of nitrogens with one attached hydrogen (secondary N) is 1. The van der Waals surface area contributed by atoms with Crippen molar-refractivity contribution < 1.29 is 14.7 Å². The lowest BCUT2D eigenvalue weighted by molar-refractivity contribution is -0.141. The van der Waals surface area contributed by atoms with Gasteiger partial charge in [-0.15, -0.1) is 0 Å². The van der Waals surface area contributed by atoms with Gasteiger partial charge >= 0.3 is 5.97 Å². The van der Waals surface area contributed by atoms with Gasteiger partial charge < -0.3 is 15.3 Å². The predicted octanol–water partition coefficient (Wildman–Crippen LogP) is 6.90. The number of aliphatic carboxylic acids is 1. The van der Waals surface area contributed by atoms with Crippen molar-refractivity contribution >= 4 is 29.2 Å². The molecule has 5 nitrogen and oxygen atoms in total. The zero-order chi connectivity index (χ0) is 25.9. The molecule has 2 N–H and O–H groups in total. The SMILES string of the molecule is CCc1cc(-c2cccc(NC(C)c3cc(C)c(Cl)c(C)c3)c2)ccc1C(=O)N(C)C(C)C(=O)O. The van der Waals surface area contributed by atoms with Crippen LogP contribution in [0, 0.1) is 13.8 Å². The Morgan fingerprint density at radius 1 is 1.00 bits per heavy atom. The lowest BCUT2D eigenvalue weighted by Crippen LogP contribution is -2.40. The fourth-order valence-corrected chi connectivity index (χ4v) is 4.27. The van der Waals surface area contributed by atoms with E-state index >= 15 is 0 Å². The Morgan fingerprint density at radius 2 is 1.63 bits per heavy atom. The minimum atomic E-state index is -1.03. The average Bonchev–Trinajstić information content (AvgIpc) is 2.85. The van der Waals surface area contributed by atoms with Crippen LogP contribution in [-0.2, 0) is 11.2 Å².